The van der Waals surface area contributed by atoms with E-state index in [0.717, 1.165) is 0 Å². The minimum atomic E-state index is -0.579. The highest BCUT2D eigenvalue weighted by atomic mass is 79.9. The average molecular weight is 422 g/mol. The SMILES string of the molecule is COC(=O)c1n[nH]c2ccc(NC(=O)COc3ccc(F)cc3Br)cc12. The second kappa shape index (κ2) is 7.52. The number of aromatic amines is 1. The Kier molecular flexibility index (Phi) is 5.17. The molecule has 0 atom stereocenters. The summed E-state index contributed by atoms with van der Waals surface area (Å²) in [7, 11) is 1.26. The Morgan fingerprint density at radius 1 is 1.27 bits per heavy atom. The van der Waals surface area contributed by atoms with Gasteiger partial charge < -0.3 is 14.8 Å². The number of benzene rings is 2. The number of hydrogen-bond donors (Lipinski definition) is 2. The van der Waals surface area contributed by atoms with Crippen LogP contribution in [0.4, 0.5) is 10.1 Å². The number of nitrogens with one attached hydrogen (secondary N) is 2. The summed E-state index contributed by atoms with van der Waals surface area (Å²) in [6.07, 6.45) is 0. The topological polar surface area (TPSA) is 93.3 Å². The van der Waals surface area contributed by atoms with Crippen molar-refractivity contribution in [2.75, 3.05) is 19.0 Å². The molecule has 1 aromatic heterocycles. The molecular weight excluding hydrogens is 409 g/mol. The van der Waals surface area contributed by atoms with Gasteiger partial charge in [0, 0.05) is 11.1 Å². The maximum Gasteiger partial charge on any atom is 0.359 e. The first kappa shape index (κ1) is 17.9. The summed E-state index contributed by atoms with van der Waals surface area (Å²) in [4.78, 5) is 23.8. The highest BCUT2D eigenvalue weighted by Gasteiger charge is 2.15. The van der Waals surface area contributed by atoms with Crippen molar-refractivity contribution in [1.82, 2.24) is 10.2 Å². The quantitative estimate of drug-likeness (QED) is 0.616. The van der Waals surface area contributed by atoms with Crippen LogP contribution in [0, 0.1) is 5.82 Å². The Labute approximate surface area is 155 Å². The predicted molar refractivity (Wildman–Crippen MR) is 95.7 cm³/mol. The third kappa shape index (κ3) is 3.83. The van der Waals surface area contributed by atoms with Crippen molar-refractivity contribution in [2.24, 2.45) is 0 Å². The van der Waals surface area contributed by atoms with Crippen LogP contribution in [0.15, 0.2) is 40.9 Å². The number of aromatic nitrogens is 2. The molecule has 0 aliphatic heterocycles. The van der Waals surface area contributed by atoms with E-state index in [9.17, 15) is 14.0 Å². The van der Waals surface area contributed by atoms with Crippen molar-refractivity contribution in [3.05, 3.63) is 52.4 Å². The highest BCUT2D eigenvalue weighted by Crippen LogP contribution is 2.25. The summed E-state index contributed by atoms with van der Waals surface area (Å²) in [6.45, 7) is -0.266. The van der Waals surface area contributed by atoms with Gasteiger partial charge in [-0.15, -0.1) is 0 Å². The Bertz CT molecular complexity index is 989. The molecule has 9 heteroatoms. The normalized spacial score (nSPS) is 10.6. The number of carbonyl (C=O) groups is 2. The van der Waals surface area contributed by atoms with Crippen molar-refractivity contribution in [1.29, 1.82) is 0 Å². The van der Waals surface area contributed by atoms with Crippen molar-refractivity contribution in [3.63, 3.8) is 0 Å². The molecule has 1 amide bonds. The van der Waals surface area contributed by atoms with Crippen LogP contribution in [0.25, 0.3) is 10.9 Å². The van der Waals surface area contributed by atoms with Crippen molar-refractivity contribution >= 4 is 44.4 Å². The lowest BCUT2D eigenvalue weighted by Gasteiger charge is -2.09. The third-order valence-corrected chi connectivity index (χ3v) is 4.10. The molecule has 0 saturated heterocycles. The number of rotatable bonds is 5. The lowest BCUT2D eigenvalue weighted by Crippen LogP contribution is -2.20. The molecule has 0 fully saturated rings. The number of ether oxygens (including phenoxy) is 2. The van der Waals surface area contributed by atoms with Crippen LogP contribution in [0.3, 0.4) is 0 Å². The number of nitrogens with zero attached hydrogens (tertiary/aromatic N) is 1. The summed E-state index contributed by atoms with van der Waals surface area (Å²) in [5, 5.41) is 9.81. The number of amides is 1. The van der Waals surface area contributed by atoms with Gasteiger partial charge in [-0.05, 0) is 52.3 Å². The minimum Gasteiger partial charge on any atom is -0.483 e. The number of halogens is 2. The fourth-order valence-electron chi connectivity index (χ4n) is 2.28. The molecule has 134 valence electrons. The molecule has 0 saturated carbocycles. The predicted octanol–water partition coefficient (Wildman–Crippen LogP) is 3.27. The number of methoxy groups -OCH3 is 1. The van der Waals surface area contributed by atoms with Gasteiger partial charge in [0.1, 0.15) is 11.6 Å². The van der Waals surface area contributed by atoms with Crippen molar-refractivity contribution < 1.29 is 23.5 Å². The van der Waals surface area contributed by atoms with Crippen LogP contribution in [-0.4, -0.2) is 35.8 Å². The second-order valence-corrected chi connectivity index (χ2v) is 6.09. The molecule has 0 aliphatic carbocycles. The van der Waals surface area contributed by atoms with E-state index in [1.54, 1.807) is 18.2 Å². The fraction of sp³-hybridized carbons (Fsp3) is 0.118. The largest absolute Gasteiger partial charge is 0.483 e. The lowest BCUT2D eigenvalue weighted by atomic mass is 10.2. The molecule has 3 rings (SSSR count). The monoisotopic (exact) mass is 421 g/mol. The van der Waals surface area contributed by atoms with Crippen LogP contribution in [-0.2, 0) is 9.53 Å². The number of anilines is 1. The van der Waals surface area contributed by atoms with Crippen LogP contribution in [0.2, 0.25) is 0 Å². The fourth-order valence-corrected chi connectivity index (χ4v) is 2.74. The molecular formula is C17H13BrFN3O4. The second-order valence-electron chi connectivity index (χ2n) is 5.24. The van der Waals surface area contributed by atoms with Gasteiger partial charge >= 0.3 is 5.97 Å². The molecule has 2 aromatic carbocycles. The molecule has 0 radical (unpaired) electrons. The zero-order valence-corrected chi connectivity index (χ0v) is 15.1. The zero-order valence-electron chi connectivity index (χ0n) is 13.5. The molecule has 0 spiro atoms. The number of H-pyrrole nitrogens is 1. The first-order valence-corrected chi connectivity index (χ1v) is 8.21. The van der Waals surface area contributed by atoms with Gasteiger partial charge in [-0.25, -0.2) is 9.18 Å². The van der Waals surface area contributed by atoms with E-state index in [1.165, 1.54) is 25.3 Å². The van der Waals surface area contributed by atoms with Gasteiger partial charge in [0.2, 0.25) is 0 Å². The molecule has 0 bridgehead atoms. The summed E-state index contributed by atoms with van der Waals surface area (Å²) in [6, 6.07) is 8.85. The van der Waals surface area contributed by atoms with E-state index in [1.807, 2.05) is 0 Å². The maximum absolute atomic E-state index is 13.0. The summed E-state index contributed by atoms with van der Waals surface area (Å²) in [5.74, 6) is -1.06. The molecule has 7 nitrogen and oxygen atoms in total. The van der Waals surface area contributed by atoms with Crippen LogP contribution in [0.5, 0.6) is 5.75 Å². The van der Waals surface area contributed by atoms with Crippen LogP contribution < -0.4 is 10.1 Å². The van der Waals surface area contributed by atoms with Gasteiger partial charge in [-0.3, -0.25) is 9.89 Å². The number of carbonyl (C=O) groups excluding carboxylic acids is 2. The molecule has 2 N–H and O–H groups in total. The third-order valence-electron chi connectivity index (χ3n) is 3.48. The Hall–Kier alpha value is -2.94. The van der Waals surface area contributed by atoms with Crippen molar-refractivity contribution in [2.45, 2.75) is 0 Å². The van der Waals surface area contributed by atoms with E-state index in [2.05, 4.69) is 36.2 Å². The molecule has 0 aliphatic rings. The zero-order chi connectivity index (χ0) is 18.7. The Morgan fingerprint density at radius 2 is 2.08 bits per heavy atom. The van der Waals surface area contributed by atoms with E-state index in [4.69, 9.17) is 4.74 Å². The number of esters is 1. The first-order chi connectivity index (χ1) is 12.5. The van der Waals surface area contributed by atoms with Gasteiger partial charge in [0.25, 0.3) is 5.91 Å². The first-order valence-electron chi connectivity index (χ1n) is 7.42. The Morgan fingerprint density at radius 3 is 2.81 bits per heavy atom. The van der Waals surface area contributed by atoms with Crippen LogP contribution in [0.1, 0.15) is 10.5 Å². The van der Waals surface area contributed by atoms with Gasteiger partial charge in [0.15, 0.2) is 12.3 Å². The minimum absolute atomic E-state index is 0.130. The van der Waals surface area contributed by atoms with Gasteiger partial charge in [-0.2, -0.15) is 5.10 Å². The highest BCUT2D eigenvalue weighted by molar-refractivity contribution is 9.10. The maximum atomic E-state index is 13.0. The van der Waals surface area contributed by atoms with E-state index in [0.29, 0.717) is 26.8 Å². The molecule has 1 heterocycles. The summed E-state index contributed by atoms with van der Waals surface area (Å²) < 4.78 is 23.5. The lowest BCUT2D eigenvalue weighted by molar-refractivity contribution is -0.118. The Balaban J connectivity index is 1.69. The number of hydrogen-bond acceptors (Lipinski definition) is 5. The number of fused-ring (bicyclic) bond motifs is 1. The smallest absolute Gasteiger partial charge is 0.359 e. The van der Waals surface area contributed by atoms with E-state index in [-0.39, 0.29) is 12.3 Å². The average Bonchev–Trinajstić information content (AvgIpc) is 3.03. The van der Waals surface area contributed by atoms with E-state index < -0.39 is 17.7 Å². The van der Waals surface area contributed by atoms with E-state index >= 15 is 0 Å². The molecule has 26 heavy (non-hydrogen) atoms. The molecule has 0 unspecified atom stereocenters. The summed E-state index contributed by atoms with van der Waals surface area (Å²) >= 11 is 3.16. The standard InChI is InChI=1S/C17H13BrFN3O4/c1-25-17(24)16-11-7-10(3-4-13(11)21-22-16)20-15(23)8-26-14-5-2-9(19)6-12(14)18/h2-7H,8H2,1H3,(H,20,23)(H,21,22). The van der Waals surface area contributed by atoms with Crippen LogP contribution >= 0.6 is 15.9 Å². The van der Waals surface area contributed by atoms with Gasteiger partial charge in [0.05, 0.1) is 17.1 Å². The summed E-state index contributed by atoms with van der Waals surface area (Å²) in [5.41, 5.74) is 1.23. The van der Waals surface area contributed by atoms with Crippen molar-refractivity contribution in [3.8, 4) is 5.75 Å². The van der Waals surface area contributed by atoms with Gasteiger partial charge in [-0.1, -0.05) is 0 Å². The molecule has 3 aromatic rings.